The molecule has 2 heterocycles. The molecule has 0 spiro atoms. The topological polar surface area (TPSA) is 60.1 Å². The second kappa shape index (κ2) is 4.61. The van der Waals surface area contributed by atoms with Crippen LogP contribution in [0.15, 0.2) is 16.7 Å². The van der Waals surface area contributed by atoms with E-state index in [1.54, 1.807) is 6.21 Å². The van der Waals surface area contributed by atoms with E-state index in [0.717, 1.165) is 5.47 Å². The Morgan fingerprint density at radius 3 is 2.26 bits per heavy atom. The molecular formula is C13H24BN3O2. The molecule has 0 aromatic carbocycles. The highest BCUT2D eigenvalue weighted by Crippen LogP contribution is 2.38. The average Bonchev–Trinajstić information content (AvgIpc) is 2.48. The van der Waals surface area contributed by atoms with E-state index in [0.29, 0.717) is 0 Å². The van der Waals surface area contributed by atoms with E-state index in [2.05, 4.69) is 18.8 Å². The number of allylic oxidation sites excluding steroid dienone is 1. The molecule has 1 saturated heterocycles. The Bertz CT molecular complexity index is 402. The Morgan fingerprint density at radius 1 is 1.26 bits per heavy atom. The number of aliphatic imine (C=N–C) groups is 1. The lowest BCUT2D eigenvalue weighted by Crippen LogP contribution is -2.44. The van der Waals surface area contributed by atoms with Crippen molar-refractivity contribution in [2.24, 2.45) is 10.7 Å². The highest BCUT2D eigenvalue weighted by atomic mass is 16.7. The van der Waals surface area contributed by atoms with Gasteiger partial charge in [-0.25, -0.2) is 0 Å². The summed E-state index contributed by atoms with van der Waals surface area (Å²) in [6, 6.07) is 0.282. The van der Waals surface area contributed by atoms with Gasteiger partial charge in [-0.15, -0.1) is 0 Å². The molecule has 1 atom stereocenters. The van der Waals surface area contributed by atoms with Crippen LogP contribution in [0.25, 0.3) is 0 Å². The summed E-state index contributed by atoms with van der Waals surface area (Å²) in [5.74, 6) is 0. The Hall–Kier alpha value is -0.845. The van der Waals surface area contributed by atoms with Crippen LogP contribution in [-0.2, 0) is 9.31 Å². The van der Waals surface area contributed by atoms with Crippen molar-refractivity contribution in [1.82, 2.24) is 4.90 Å². The molecule has 2 rings (SSSR count). The van der Waals surface area contributed by atoms with Crippen LogP contribution in [-0.4, -0.2) is 41.8 Å². The zero-order valence-electron chi connectivity index (χ0n) is 12.7. The maximum atomic E-state index is 6.02. The Labute approximate surface area is 116 Å². The van der Waals surface area contributed by atoms with Crippen molar-refractivity contribution < 1.29 is 9.31 Å². The van der Waals surface area contributed by atoms with Crippen LogP contribution in [0.4, 0.5) is 0 Å². The molecule has 1 unspecified atom stereocenters. The van der Waals surface area contributed by atoms with Crippen LogP contribution in [0.2, 0.25) is 0 Å². The van der Waals surface area contributed by atoms with Crippen LogP contribution in [0.1, 0.15) is 41.5 Å². The molecule has 2 aliphatic heterocycles. The van der Waals surface area contributed by atoms with E-state index < -0.39 is 0 Å². The van der Waals surface area contributed by atoms with Gasteiger partial charge in [0.15, 0.2) is 6.29 Å². The van der Waals surface area contributed by atoms with Gasteiger partial charge in [-0.2, -0.15) is 0 Å². The van der Waals surface area contributed by atoms with Gasteiger partial charge in [0.1, 0.15) is 0 Å². The third-order valence-electron chi connectivity index (χ3n) is 4.10. The van der Waals surface area contributed by atoms with E-state index in [1.807, 2.05) is 38.8 Å². The number of hydrogen-bond donors (Lipinski definition) is 1. The van der Waals surface area contributed by atoms with Crippen molar-refractivity contribution in [1.29, 1.82) is 0 Å². The minimum Gasteiger partial charge on any atom is -0.399 e. The average molecular weight is 265 g/mol. The van der Waals surface area contributed by atoms with Gasteiger partial charge in [-0.05, 0) is 41.5 Å². The first-order chi connectivity index (χ1) is 8.64. The second-order valence-corrected chi connectivity index (χ2v) is 6.45. The summed E-state index contributed by atoms with van der Waals surface area (Å²) >= 11 is 0. The quantitative estimate of drug-likeness (QED) is 0.769. The first kappa shape index (κ1) is 14.6. The molecule has 1 fully saturated rings. The van der Waals surface area contributed by atoms with Crippen LogP contribution in [0, 0.1) is 0 Å². The number of rotatable bonds is 2. The van der Waals surface area contributed by atoms with Gasteiger partial charge >= 0.3 is 7.12 Å². The van der Waals surface area contributed by atoms with Gasteiger partial charge in [-0.3, -0.25) is 10.7 Å². The van der Waals surface area contributed by atoms with Crippen molar-refractivity contribution in [3.63, 3.8) is 0 Å². The summed E-state index contributed by atoms with van der Waals surface area (Å²) in [7, 11) is -0.387. The van der Waals surface area contributed by atoms with Crippen molar-refractivity contribution in [3.05, 3.63) is 11.7 Å². The van der Waals surface area contributed by atoms with Crippen molar-refractivity contribution in [2.45, 2.75) is 65.1 Å². The SMILES string of the molecule is CC(C)N1C=C(B2OC(C)(C)C(C)(C)O2)C=NC1N. The number of hydrogen-bond acceptors (Lipinski definition) is 5. The van der Waals surface area contributed by atoms with Crippen molar-refractivity contribution in [2.75, 3.05) is 0 Å². The highest BCUT2D eigenvalue weighted by Gasteiger charge is 2.52. The minimum absolute atomic E-state index is 0.282. The third kappa shape index (κ3) is 2.57. The summed E-state index contributed by atoms with van der Waals surface area (Å²) in [6.07, 6.45) is 3.42. The van der Waals surface area contributed by atoms with E-state index in [4.69, 9.17) is 15.0 Å². The Balaban J connectivity index is 2.20. The monoisotopic (exact) mass is 265 g/mol. The molecular weight excluding hydrogens is 241 g/mol. The summed E-state index contributed by atoms with van der Waals surface area (Å²) in [5, 5.41) is 0. The standard InChI is InChI=1S/C13H24BN3O2/c1-9(2)17-8-10(7-16-11(17)15)14-18-12(3,4)13(5,6)19-14/h7-9,11H,15H2,1-6H3. The maximum Gasteiger partial charge on any atom is 0.497 e. The van der Waals surface area contributed by atoms with Gasteiger partial charge < -0.3 is 14.2 Å². The summed E-state index contributed by atoms with van der Waals surface area (Å²) < 4.78 is 12.0. The lowest BCUT2D eigenvalue weighted by molar-refractivity contribution is 0.00578. The summed E-state index contributed by atoms with van der Waals surface area (Å²) in [4.78, 5) is 6.30. The zero-order valence-corrected chi connectivity index (χ0v) is 12.7. The van der Waals surface area contributed by atoms with E-state index in [9.17, 15) is 0 Å². The van der Waals surface area contributed by atoms with Crippen molar-refractivity contribution >= 4 is 13.3 Å². The number of nitrogens with zero attached hydrogens (tertiary/aromatic N) is 2. The van der Waals surface area contributed by atoms with E-state index in [-0.39, 0.29) is 30.7 Å². The second-order valence-electron chi connectivity index (χ2n) is 6.45. The van der Waals surface area contributed by atoms with Crippen LogP contribution < -0.4 is 5.73 Å². The molecule has 0 aromatic heterocycles. The van der Waals surface area contributed by atoms with E-state index >= 15 is 0 Å². The Kier molecular flexibility index (Phi) is 3.54. The molecule has 0 amide bonds. The third-order valence-corrected chi connectivity index (χ3v) is 4.10. The number of nitrogens with two attached hydrogens (primary N) is 1. The predicted octanol–water partition coefficient (Wildman–Crippen LogP) is 1.54. The Morgan fingerprint density at radius 2 is 1.79 bits per heavy atom. The first-order valence-corrected chi connectivity index (χ1v) is 6.77. The van der Waals surface area contributed by atoms with Crippen LogP contribution >= 0.6 is 0 Å². The molecule has 2 aliphatic rings. The fourth-order valence-corrected chi connectivity index (χ4v) is 2.08. The first-order valence-electron chi connectivity index (χ1n) is 6.77. The molecule has 5 nitrogen and oxygen atoms in total. The van der Waals surface area contributed by atoms with Gasteiger partial charge in [0, 0.05) is 23.9 Å². The maximum absolute atomic E-state index is 6.02. The molecule has 0 saturated carbocycles. The lowest BCUT2D eigenvalue weighted by atomic mass is 9.79. The molecule has 0 bridgehead atoms. The fourth-order valence-electron chi connectivity index (χ4n) is 2.08. The predicted molar refractivity (Wildman–Crippen MR) is 77.6 cm³/mol. The van der Waals surface area contributed by atoms with Gasteiger partial charge in [0.25, 0.3) is 0 Å². The highest BCUT2D eigenvalue weighted by molar-refractivity contribution is 6.60. The molecule has 0 aliphatic carbocycles. The van der Waals surface area contributed by atoms with E-state index in [1.165, 1.54) is 0 Å². The van der Waals surface area contributed by atoms with Crippen LogP contribution in [0.3, 0.4) is 0 Å². The molecule has 6 heteroatoms. The molecule has 106 valence electrons. The smallest absolute Gasteiger partial charge is 0.399 e. The van der Waals surface area contributed by atoms with Gasteiger partial charge in [-0.1, -0.05) is 0 Å². The zero-order chi connectivity index (χ0) is 14.4. The molecule has 0 aromatic rings. The minimum atomic E-state index is -0.387. The van der Waals surface area contributed by atoms with Crippen LogP contribution in [0.5, 0.6) is 0 Å². The van der Waals surface area contributed by atoms with Gasteiger partial charge in [0.05, 0.1) is 11.2 Å². The molecule has 19 heavy (non-hydrogen) atoms. The van der Waals surface area contributed by atoms with Gasteiger partial charge in [0.2, 0.25) is 0 Å². The molecule has 2 N–H and O–H groups in total. The largest absolute Gasteiger partial charge is 0.497 e. The normalized spacial score (nSPS) is 29.1. The fraction of sp³-hybridized carbons (Fsp3) is 0.769. The summed E-state index contributed by atoms with van der Waals surface area (Å²) in [5.41, 5.74) is 6.18. The molecule has 0 radical (unpaired) electrons. The lowest BCUT2D eigenvalue weighted by Gasteiger charge is -2.32. The summed E-state index contributed by atoms with van der Waals surface area (Å²) in [6.45, 7) is 12.3. The van der Waals surface area contributed by atoms with Crippen molar-refractivity contribution in [3.8, 4) is 0 Å².